The van der Waals surface area contributed by atoms with Gasteiger partial charge in [-0.05, 0) is 67.4 Å². The maximum Gasteiger partial charge on any atom is 0.412 e. The summed E-state index contributed by atoms with van der Waals surface area (Å²) in [6.07, 6.45) is 6.49. The van der Waals surface area contributed by atoms with Crippen LogP contribution in [0.4, 0.5) is 9.59 Å². The minimum absolute atomic E-state index is 0.126. The number of nitrogens with one attached hydrogen (secondary N) is 2. The van der Waals surface area contributed by atoms with Crippen LogP contribution in [-0.4, -0.2) is 44.4 Å². The van der Waals surface area contributed by atoms with E-state index >= 15 is 0 Å². The van der Waals surface area contributed by atoms with E-state index in [1.165, 1.54) is 33.5 Å². The summed E-state index contributed by atoms with van der Waals surface area (Å²) in [7, 11) is 2.56. The molecule has 0 aromatic heterocycles. The van der Waals surface area contributed by atoms with Gasteiger partial charge in [-0.2, -0.15) is 0 Å². The minimum atomic E-state index is -0.746. The summed E-state index contributed by atoms with van der Waals surface area (Å²) in [6, 6.07) is 18.0. The van der Waals surface area contributed by atoms with Crippen molar-refractivity contribution in [3.63, 3.8) is 0 Å². The summed E-state index contributed by atoms with van der Waals surface area (Å²) in [5.41, 5.74) is 1.77. The molecule has 0 saturated heterocycles. The molecule has 226 valence electrons. The third-order valence-electron chi connectivity index (χ3n) is 7.77. The first-order chi connectivity index (χ1) is 20.2. The van der Waals surface area contributed by atoms with Crippen molar-refractivity contribution in [1.29, 1.82) is 0 Å². The first-order valence-electron chi connectivity index (χ1n) is 14.0. The average Bonchev–Trinajstić information content (AvgIpc) is 3.03. The number of ether oxygens (including phenoxy) is 4. The lowest BCUT2D eigenvalue weighted by atomic mass is 9.58. The SMILES string of the molecule is C=C(NC(=O)OCc1ccccc1)C(=O)OC.COC(=O)C(CC12CCC(CC1)CC2)NC(=O)OCc1ccccc1. The van der Waals surface area contributed by atoms with E-state index in [0.29, 0.717) is 6.42 Å². The van der Waals surface area contributed by atoms with Crippen LogP contribution in [0.1, 0.15) is 56.1 Å². The molecule has 5 rings (SSSR count). The normalized spacial score (nSPS) is 19.1. The van der Waals surface area contributed by atoms with Crippen LogP contribution in [0.3, 0.4) is 0 Å². The first kappa shape index (κ1) is 32.2. The van der Waals surface area contributed by atoms with Gasteiger partial charge >= 0.3 is 24.1 Å². The molecule has 2 aromatic carbocycles. The number of alkyl carbamates (subject to hydrolysis) is 2. The van der Waals surface area contributed by atoms with Crippen LogP contribution in [0.2, 0.25) is 0 Å². The molecule has 3 aliphatic rings. The molecule has 3 aliphatic carbocycles. The van der Waals surface area contributed by atoms with Crippen molar-refractivity contribution >= 4 is 24.1 Å². The maximum atomic E-state index is 12.2. The Labute approximate surface area is 246 Å². The quantitative estimate of drug-likeness (QED) is 0.217. The monoisotopic (exact) mass is 580 g/mol. The highest BCUT2D eigenvalue weighted by atomic mass is 16.6. The maximum absolute atomic E-state index is 12.2. The summed E-state index contributed by atoms with van der Waals surface area (Å²) in [4.78, 5) is 46.5. The van der Waals surface area contributed by atoms with E-state index < -0.39 is 30.2 Å². The highest BCUT2D eigenvalue weighted by Crippen LogP contribution is 2.52. The van der Waals surface area contributed by atoms with Gasteiger partial charge in [-0.1, -0.05) is 67.2 Å². The number of rotatable bonds is 10. The van der Waals surface area contributed by atoms with E-state index in [4.69, 9.17) is 14.2 Å². The molecule has 1 atom stereocenters. The van der Waals surface area contributed by atoms with Crippen molar-refractivity contribution in [2.75, 3.05) is 14.2 Å². The van der Waals surface area contributed by atoms with E-state index in [9.17, 15) is 19.2 Å². The molecule has 42 heavy (non-hydrogen) atoms. The fourth-order valence-corrected chi connectivity index (χ4v) is 5.38. The molecule has 10 heteroatoms. The summed E-state index contributed by atoms with van der Waals surface area (Å²) >= 11 is 0. The van der Waals surface area contributed by atoms with Gasteiger partial charge < -0.3 is 24.3 Å². The number of hydrogen-bond donors (Lipinski definition) is 2. The molecule has 0 heterocycles. The van der Waals surface area contributed by atoms with E-state index in [1.54, 1.807) is 0 Å². The number of hydrogen-bond acceptors (Lipinski definition) is 8. The zero-order valence-corrected chi connectivity index (χ0v) is 24.3. The molecule has 2 aromatic rings. The molecule has 2 bridgehead atoms. The Morgan fingerprint density at radius 1 is 0.810 bits per heavy atom. The molecule has 2 N–H and O–H groups in total. The van der Waals surface area contributed by atoms with Crippen LogP contribution in [0.25, 0.3) is 0 Å². The number of methoxy groups -OCH3 is 2. The number of benzene rings is 2. The van der Waals surface area contributed by atoms with Gasteiger partial charge in [0.15, 0.2) is 0 Å². The summed E-state index contributed by atoms with van der Waals surface area (Å²) in [6.45, 7) is 3.65. The van der Waals surface area contributed by atoms with Crippen molar-refractivity contribution in [3.8, 4) is 0 Å². The molecule has 0 radical (unpaired) electrons. The summed E-state index contributed by atoms with van der Waals surface area (Å²) in [5, 5.41) is 4.90. The lowest BCUT2D eigenvalue weighted by molar-refractivity contribution is -0.144. The van der Waals surface area contributed by atoms with Crippen molar-refractivity contribution < 1.29 is 38.1 Å². The highest BCUT2D eigenvalue weighted by molar-refractivity contribution is 5.91. The molecule has 3 saturated carbocycles. The molecule has 0 aliphatic heterocycles. The van der Waals surface area contributed by atoms with Crippen LogP contribution in [0, 0.1) is 11.3 Å². The lowest BCUT2D eigenvalue weighted by Crippen LogP contribution is -2.47. The standard InChI is InChI=1S/C20H27NO4.C12H13NO4/c1-24-18(22)17(13-20-10-7-15(8-11-20)9-12-20)21-19(23)25-14-16-5-3-2-4-6-16;1-9(11(14)16-2)13-12(15)17-8-10-6-4-3-5-7-10/h2-6,15,17H,7-14H2,1H3,(H,21,23);3-7H,1,8H2,2H3,(H,13,15). The predicted octanol–water partition coefficient (Wildman–Crippen LogP) is 5.41. The van der Waals surface area contributed by atoms with Gasteiger partial charge in [0.2, 0.25) is 0 Å². The number of fused-ring (bicyclic) bond motifs is 3. The van der Waals surface area contributed by atoms with E-state index in [0.717, 1.165) is 36.3 Å². The molecular weight excluding hydrogens is 540 g/mol. The van der Waals surface area contributed by atoms with Gasteiger partial charge in [-0.15, -0.1) is 0 Å². The third-order valence-corrected chi connectivity index (χ3v) is 7.77. The second-order valence-electron chi connectivity index (χ2n) is 10.6. The van der Waals surface area contributed by atoms with E-state index in [1.807, 2.05) is 60.7 Å². The zero-order chi connectivity index (χ0) is 30.4. The Hall–Kier alpha value is -4.34. The topological polar surface area (TPSA) is 129 Å². The molecule has 1 unspecified atom stereocenters. The Bertz CT molecular complexity index is 1180. The predicted molar refractivity (Wildman–Crippen MR) is 155 cm³/mol. The fraction of sp³-hybridized carbons (Fsp3) is 0.438. The van der Waals surface area contributed by atoms with Crippen LogP contribution in [0.5, 0.6) is 0 Å². The largest absolute Gasteiger partial charge is 0.467 e. The van der Waals surface area contributed by atoms with Crippen molar-refractivity contribution in [2.24, 2.45) is 11.3 Å². The van der Waals surface area contributed by atoms with Crippen LogP contribution < -0.4 is 10.6 Å². The smallest absolute Gasteiger partial charge is 0.412 e. The minimum Gasteiger partial charge on any atom is -0.467 e. The Morgan fingerprint density at radius 2 is 1.31 bits per heavy atom. The Kier molecular flexibility index (Phi) is 12.4. The van der Waals surface area contributed by atoms with Gasteiger partial charge in [0, 0.05) is 0 Å². The number of carbonyl (C=O) groups is 4. The average molecular weight is 581 g/mol. The molecule has 0 spiro atoms. The van der Waals surface area contributed by atoms with Gasteiger partial charge in [0.25, 0.3) is 0 Å². The molecule has 3 fully saturated rings. The summed E-state index contributed by atoms with van der Waals surface area (Å²) in [5.74, 6) is -0.234. The number of amides is 2. The van der Waals surface area contributed by atoms with Gasteiger partial charge in [-0.25, -0.2) is 19.2 Å². The second-order valence-corrected chi connectivity index (χ2v) is 10.6. The summed E-state index contributed by atoms with van der Waals surface area (Å²) < 4.78 is 19.4. The van der Waals surface area contributed by atoms with Crippen LogP contribution in [-0.2, 0) is 41.8 Å². The van der Waals surface area contributed by atoms with Gasteiger partial charge in [0.05, 0.1) is 14.2 Å². The van der Waals surface area contributed by atoms with Gasteiger partial charge in [0.1, 0.15) is 25.0 Å². The number of esters is 2. The Morgan fingerprint density at radius 3 is 1.79 bits per heavy atom. The molecular formula is C32H40N2O8. The Balaban J connectivity index is 0.000000250. The number of carbonyl (C=O) groups excluding carboxylic acids is 4. The zero-order valence-electron chi connectivity index (χ0n) is 24.3. The second kappa shape index (κ2) is 16.2. The molecule has 10 nitrogen and oxygen atoms in total. The van der Waals surface area contributed by atoms with Crippen molar-refractivity contribution in [2.45, 2.75) is 64.2 Å². The third kappa shape index (κ3) is 10.2. The van der Waals surface area contributed by atoms with Crippen LogP contribution in [0.15, 0.2) is 72.9 Å². The van der Waals surface area contributed by atoms with E-state index in [-0.39, 0.29) is 24.3 Å². The fourth-order valence-electron chi connectivity index (χ4n) is 5.38. The lowest BCUT2D eigenvalue weighted by Gasteiger charge is -2.47. The van der Waals surface area contributed by atoms with Crippen molar-refractivity contribution in [3.05, 3.63) is 84.1 Å². The molecule has 2 amide bonds. The highest BCUT2D eigenvalue weighted by Gasteiger charge is 2.43. The van der Waals surface area contributed by atoms with E-state index in [2.05, 4.69) is 21.9 Å². The van der Waals surface area contributed by atoms with Gasteiger partial charge in [-0.3, -0.25) is 5.32 Å². The van der Waals surface area contributed by atoms with Crippen LogP contribution >= 0.6 is 0 Å². The first-order valence-corrected chi connectivity index (χ1v) is 14.0. The van der Waals surface area contributed by atoms with Crippen molar-refractivity contribution in [1.82, 2.24) is 10.6 Å².